The summed E-state index contributed by atoms with van der Waals surface area (Å²) < 4.78 is 5.83. The number of hydrogen-bond donors (Lipinski definition) is 2. The molecule has 0 aromatic heterocycles. The second kappa shape index (κ2) is 7.77. The maximum Gasteiger partial charge on any atom is 0.222 e. The van der Waals surface area contributed by atoms with Crippen molar-refractivity contribution in [3.63, 3.8) is 0 Å². The van der Waals surface area contributed by atoms with E-state index in [1.165, 1.54) is 18.4 Å². The van der Waals surface area contributed by atoms with Gasteiger partial charge in [-0.15, -0.1) is 0 Å². The molecule has 2 N–H and O–H groups in total. The van der Waals surface area contributed by atoms with Gasteiger partial charge in [0, 0.05) is 19.5 Å². The lowest BCUT2D eigenvalue weighted by molar-refractivity contribution is -0.126. The van der Waals surface area contributed by atoms with E-state index in [1.54, 1.807) is 7.05 Å². The molecule has 4 rings (SSSR count). The number of β-amino-alcohol motifs (C(OH)–C–C–N with tert-alkyl or cyclic N) is 1. The molecule has 5 nitrogen and oxygen atoms in total. The number of allylic oxidation sites excluding steroid dienone is 1. The van der Waals surface area contributed by atoms with E-state index in [2.05, 4.69) is 30.1 Å². The summed E-state index contributed by atoms with van der Waals surface area (Å²) >= 11 is 0. The Morgan fingerprint density at radius 1 is 1.44 bits per heavy atom. The molecule has 0 radical (unpaired) electrons. The highest BCUT2D eigenvalue weighted by atomic mass is 16.5. The van der Waals surface area contributed by atoms with Gasteiger partial charge >= 0.3 is 0 Å². The number of ether oxygens (including phenoxy) is 1. The van der Waals surface area contributed by atoms with Crippen molar-refractivity contribution >= 4 is 5.91 Å². The summed E-state index contributed by atoms with van der Waals surface area (Å²) in [6.07, 6.45) is 6.15. The Morgan fingerprint density at radius 2 is 2.16 bits per heavy atom. The SMILES string of the molecule is CNC(=O)C1CCN(CC(O)COCC2=CCC3CC2C3(C)C)CC1. The van der Waals surface area contributed by atoms with E-state index in [1.807, 2.05) is 0 Å². The first-order valence-corrected chi connectivity index (χ1v) is 9.80. The van der Waals surface area contributed by atoms with Crippen LogP contribution in [0.5, 0.6) is 0 Å². The van der Waals surface area contributed by atoms with Crippen LogP contribution in [-0.2, 0) is 9.53 Å². The van der Waals surface area contributed by atoms with Crippen LogP contribution in [0.25, 0.3) is 0 Å². The molecule has 1 saturated heterocycles. The predicted molar refractivity (Wildman–Crippen MR) is 98.1 cm³/mol. The fraction of sp³-hybridized carbons (Fsp3) is 0.850. The molecular weight excluding hydrogens is 316 g/mol. The zero-order chi connectivity index (χ0) is 18.0. The van der Waals surface area contributed by atoms with E-state index in [0.717, 1.165) is 31.8 Å². The molecule has 2 fully saturated rings. The summed E-state index contributed by atoms with van der Waals surface area (Å²) in [4.78, 5) is 13.9. The Morgan fingerprint density at radius 3 is 2.76 bits per heavy atom. The highest BCUT2D eigenvalue weighted by Crippen LogP contribution is 2.59. The van der Waals surface area contributed by atoms with E-state index in [-0.39, 0.29) is 11.8 Å². The molecule has 4 aliphatic rings. The molecule has 1 amide bonds. The molecule has 142 valence electrons. The van der Waals surface area contributed by atoms with Crippen LogP contribution in [0.15, 0.2) is 11.6 Å². The van der Waals surface area contributed by atoms with Gasteiger partial charge in [0.1, 0.15) is 0 Å². The van der Waals surface area contributed by atoms with Crippen molar-refractivity contribution in [1.82, 2.24) is 10.2 Å². The van der Waals surface area contributed by atoms with Crippen molar-refractivity contribution in [2.45, 2.75) is 45.6 Å². The van der Waals surface area contributed by atoms with Crippen molar-refractivity contribution < 1.29 is 14.6 Å². The topological polar surface area (TPSA) is 61.8 Å². The quantitative estimate of drug-likeness (QED) is 0.688. The van der Waals surface area contributed by atoms with Crippen LogP contribution in [0.3, 0.4) is 0 Å². The van der Waals surface area contributed by atoms with Crippen molar-refractivity contribution in [3.05, 3.63) is 11.6 Å². The summed E-state index contributed by atoms with van der Waals surface area (Å²) in [5.74, 6) is 1.80. The monoisotopic (exact) mass is 350 g/mol. The predicted octanol–water partition coefficient (Wildman–Crippen LogP) is 1.81. The minimum atomic E-state index is -0.456. The second-order valence-electron chi connectivity index (χ2n) is 8.68. The summed E-state index contributed by atoms with van der Waals surface area (Å²) in [5, 5.41) is 13.0. The van der Waals surface area contributed by atoms with Gasteiger partial charge in [-0.05, 0) is 61.6 Å². The molecule has 0 aromatic carbocycles. The number of aliphatic hydroxyl groups is 1. The normalized spacial score (nSPS) is 30.3. The Labute approximate surface area is 151 Å². The highest BCUT2D eigenvalue weighted by molar-refractivity contribution is 5.78. The number of hydrogen-bond acceptors (Lipinski definition) is 4. The largest absolute Gasteiger partial charge is 0.389 e. The van der Waals surface area contributed by atoms with E-state index in [9.17, 15) is 9.90 Å². The van der Waals surface area contributed by atoms with E-state index in [4.69, 9.17) is 4.74 Å². The van der Waals surface area contributed by atoms with Crippen LogP contribution in [0, 0.1) is 23.2 Å². The van der Waals surface area contributed by atoms with Crippen molar-refractivity contribution in [3.8, 4) is 0 Å². The lowest BCUT2D eigenvalue weighted by Gasteiger charge is -2.56. The Bertz CT molecular complexity index is 509. The minimum Gasteiger partial charge on any atom is -0.389 e. The fourth-order valence-electron chi connectivity index (χ4n) is 4.89. The molecule has 0 aromatic rings. The molecule has 3 unspecified atom stereocenters. The zero-order valence-corrected chi connectivity index (χ0v) is 16.0. The Hall–Kier alpha value is -0.910. The third-order valence-electron chi connectivity index (χ3n) is 6.84. The maximum atomic E-state index is 11.7. The average molecular weight is 351 g/mol. The van der Waals surface area contributed by atoms with Gasteiger partial charge in [0.25, 0.3) is 0 Å². The lowest BCUT2D eigenvalue weighted by Crippen LogP contribution is -2.48. The molecule has 3 aliphatic carbocycles. The molecule has 5 heteroatoms. The van der Waals surface area contributed by atoms with Gasteiger partial charge in [-0.3, -0.25) is 4.79 Å². The van der Waals surface area contributed by atoms with Crippen molar-refractivity contribution in [1.29, 1.82) is 0 Å². The molecule has 2 bridgehead atoms. The van der Waals surface area contributed by atoms with E-state index in [0.29, 0.717) is 31.1 Å². The molecule has 25 heavy (non-hydrogen) atoms. The number of fused-ring (bicyclic) bond motifs is 1. The number of nitrogens with one attached hydrogen (secondary N) is 1. The minimum absolute atomic E-state index is 0.127. The number of carbonyl (C=O) groups excluding carboxylic acids is 1. The third-order valence-corrected chi connectivity index (χ3v) is 6.84. The fourth-order valence-corrected chi connectivity index (χ4v) is 4.89. The Balaban J connectivity index is 1.33. The standard InChI is InChI=1S/C20H34N2O3/c1-20(2)16-5-4-15(18(20)10-16)12-25-13-17(23)11-22-8-6-14(7-9-22)19(24)21-3/h4,14,16-18,23H,5-13H2,1-3H3,(H,21,24). The molecule has 1 heterocycles. The van der Waals surface area contributed by atoms with Gasteiger partial charge in [-0.2, -0.15) is 0 Å². The average Bonchev–Trinajstić information content (AvgIpc) is 2.61. The first-order valence-electron chi connectivity index (χ1n) is 9.80. The Kier molecular flexibility index (Phi) is 5.86. The van der Waals surface area contributed by atoms with Crippen LogP contribution in [0.2, 0.25) is 0 Å². The zero-order valence-electron chi connectivity index (χ0n) is 16.0. The van der Waals surface area contributed by atoms with Crippen LogP contribution in [0.1, 0.15) is 39.5 Å². The molecular formula is C20H34N2O3. The highest BCUT2D eigenvalue weighted by Gasteiger charge is 2.50. The van der Waals surface area contributed by atoms with E-state index < -0.39 is 6.10 Å². The van der Waals surface area contributed by atoms with Crippen molar-refractivity contribution in [2.24, 2.45) is 23.2 Å². The third kappa shape index (κ3) is 4.09. The summed E-state index contributed by atoms with van der Waals surface area (Å²) in [6, 6.07) is 0. The van der Waals surface area contributed by atoms with Crippen molar-refractivity contribution in [2.75, 3.05) is 39.9 Å². The summed E-state index contributed by atoms with van der Waals surface area (Å²) in [6.45, 7) is 8.18. The van der Waals surface area contributed by atoms with Gasteiger partial charge in [0.2, 0.25) is 5.91 Å². The van der Waals surface area contributed by atoms with Gasteiger partial charge in [-0.25, -0.2) is 0 Å². The maximum absolute atomic E-state index is 11.7. The van der Waals surface area contributed by atoms with Gasteiger partial charge in [-0.1, -0.05) is 19.9 Å². The van der Waals surface area contributed by atoms with Gasteiger partial charge < -0.3 is 20.1 Å². The van der Waals surface area contributed by atoms with Crippen LogP contribution >= 0.6 is 0 Å². The number of rotatable bonds is 7. The van der Waals surface area contributed by atoms with Gasteiger partial charge in [0.05, 0.1) is 19.3 Å². The number of likely N-dealkylation sites (tertiary alicyclic amines) is 1. The molecule has 3 atom stereocenters. The summed E-state index contributed by atoms with van der Waals surface area (Å²) in [7, 11) is 1.70. The smallest absolute Gasteiger partial charge is 0.222 e. The number of nitrogens with zero attached hydrogens (tertiary/aromatic N) is 1. The number of aliphatic hydroxyl groups excluding tert-OH is 1. The van der Waals surface area contributed by atoms with E-state index >= 15 is 0 Å². The second-order valence-corrected chi connectivity index (χ2v) is 8.68. The number of piperidine rings is 1. The molecule has 1 saturated carbocycles. The number of carbonyl (C=O) groups is 1. The van der Waals surface area contributed by atoms with Gasteiger partial charge in [0.15, 0.2) is 0 Å². The first-order chi connectivity index (χ1) is 11.9. The van der Waals surface area contributed by atoms with Crippen LogP contribution in [0.4, 0.5) is 0 Å². The lowest BCUT2D eigenvalue weighted by atomic mass is 9.49. The van der Waals surface area contributed by atoms with Crippen LogP contribution < -0.4 is 5.32 Å². The molecule has 0 spiro atoms. The molecule has 1 aliphatic heterocycles. The number of amides is 1. The first kappa shape index (κ1) is 18.9. The van der Waals surface area contributed by atoms with Crippen LogP contribution in [-0.4, -0.2) is 61.9 Å². The summed E-state index contributed by atoms with van der Waals surface area (Å²) in [5.41, 5.74) is 1.87.